The second-order valence-corrected chi connectivity index (χ2v) is 6.16. The standard InChI is InChI=1S/C17H28N2/c1-5-16(12-14-6-7-14)18-13(2)15-8-10-17(11-9-15)19(3)4/h8-11,13-14,16,18H,5-7,12H2,1-4H3. The van der Waals surface area contributed by atoms with Gasteiger partial charge in [0, 0.05) is 31.9 Å². The van der Waals surface area contributed by atoms with E-state index in [1.165, 1.54) is 36.9 Å². The minimum atomic E-state index is 0.444. The van der Waals surface area contributed by atoms with Crippen molar-refractivity contribution in [2.45, 2.75) is 51.6 Å². The van der Waals surface area contributed by atoms with Crippen LogP contribution in [0.5, 0.6) is 0 Å². The van der Waals surface area contributed by atoms with E-state index in [9.17, 15) is 0 Å². The molecule has 0 radical (unpaired) electrons. The maximum Gasteiger partial charge on any atom is 0.0361 e. The van der Waals surface area contributed by atoms with Gasteiger partial charge in [-0.1, -0.05) is 31.9 Å². The van der Waals surface area contributed by atoms with Gasteiger partial charge in [-0.15, -0.1) is 0 Å². The van der Waals surface area contributed by atoms with Gasteiger partial charge in [0.1, 0.15) is 0 Å². The number of hydrogen-bond acceptors (Lipinski definition) is 2. The maximum absolute atomic E-state index is 3.79. The van der Waals surface area contributed by atoms with Gasteiger partial charge in [0.2, 0.25) is 0 Å². The highest BCUT2D eigenvalue weighted by molar-refractivity contribution is 5.46. The van der Waals surface area contributed by atoms with Crippen molar-refractivity contribution >= 4 is 5.69 Å². The van der Waals surface area contributed by atoms with Crippen molar-refractivity contribution in [3.8, 4) is 0 Å². The van der Waals surface area contributed by atoms with E-state index in [4.69, 9.17) is 0 Å². The van der Waals surface area contributed by atoms with Gasteiger partial charge in [-0.3, -0.25) is 0 Å². The average Bonchev–Trinajstić information content (AvgIpc) is 3.22. The van der Waals surface area contributed by atoms with Crippen LogP contribution in [0.4, 0.5) is 5.69 Å². The van der Waals surface area contributed by atoms with E-state index in [1.807, 2.05) is 0 Å². The average molecular weight is 260 g/mol. The lowest BCUT2D eigenvalue weighted by Gasteiger charge is -2.23. The molecule has 2 heteroatoms. The molecule has 2 atom stereocenters. The van der Waals surface area contributed by atoms with Crippen molar-refractivity contribution in [1.82, 2.24) is 5.32 Å². The molecule has 0 amide bonds. The lowest BCUT2D eigenvalue weighted by Crippen LogP contribution is -2.31. The van der Waals surface area contributed by atoms with Gasteiger partial charge in [-0.25, -0.2) is 0 Å². The second kappa shape index (κ2) is 6.42. The molecule has 0 aromatic heterocycles. The monoisotopic (exact) mass is 260 g/mol. The molecule has 0 saturated heterocycles. The summed E-state index contributed by atoms with van der Waals surface area (Å²) in [7, 11) is 4.17. The first-order valence-electron chi connectivity index (χ1n) is 7.63. The fourth-order valence-electron chi connectivity index (χ4n) is 2.62. The van der Waals surface area contributed by atoms with E-state index in [1.54, 1.807) is 0 Å². The van der Waals surface area contributed by atoms with Crippen molar-refractivity contribution in [2.75, 3.05) is 19.0 Å². The Hall–Kier alpha value is -1.02. The third kappa shape index (κ3) is 4.24. The Kier molecular flexibility index (Phi) is 4.87. The summed E-state index contributed by atoms with van der Waals surface area (Å²) in [6.07, 6.45) is 5.49. The molecule has 0 aliphatic heterocycles. The van der Waals surface area contributed by atoms with Gasteiger partial charge in [-0.05, 0) is 43.4 Å². The normalized spacial score (nSPS) is 18.1. The highest BCUT2D eigenvalue weighted by Crippen LogP contribution is 2.34. The summed E-state index contributed by atoms with van der Waals surface area (Å²) < 4.78 is 0. The molecule has 19 heavy (non-hydrogen) atoms. The van der Waals surface area contributed by atoms with Gasteiger partial charge in [0.05, 0.1) is 0 Å². The SMILES string of the molecule is CCC(CC1CC1)NC(C)c1ccc(N(C)C)cc1. The predicted molar refractivity (Wildman–Crippen MR) is 83.7 cm³/mol. The van der Waals surface area contributed by atoms with E-state index in [-0.39, 0.29) is 0 Å². The molecular weight excluding hydrogens is 232 g/mol. The summed E-state index contributed by atoms with van der Waals surface area (Å²) in [5, 5.41) is 3.79. The first-order valence-corrected chi connectivity index (χ1v) is 7.63. The zero-order valence-corrected chi connectivity index (χ0v) is 12.8. The molecule has 1 aliphatic rings. The molecular formula is C17H28N2. The smallest absolute Gasteiger partial charge is 0.0361 e. The van der Waals surface area contributed by atoms with Gasteiger partial charge in [-0.2, -0.15) is 0 Å². The van der Waals surface area contributed by atoms with Crippen LogP contribution >= 0.6 is 0 Å². The van der Waals surface area contributed by atoms with Crippen LogP contribution in [0, 0.1) is 5.92 Å². The fraction of sp³-hybridized carbons (Fsp3) is 0.647. The highest BCUT2D eigenvalue weighted by atomic mass is 15.1. The zero-order chi connectivity index (χ0) is 13.8. The molecule has 1 N–H and O–H groups in total. The molecule has 1 fully saturated rings. The van der Waals surface area contributed by atoms with E-state index in [0.29, 0.717) is 12.1 Å². The highest BCUT2D eigenvalue weighted by Gasteiger charge is 2.25. The second-order valence-electron chi connectivity index (χ2n) is 6.16. The molecule has 0 spiro atoms. The summed E-state index contributed by atoms with van der Waals surface area (Å²) >= 11 is 0. The quantitative estimate of drug-likeness (QED) is 0.797. The van der Waals surface area contributed by atoms with Crippen LogP contribution in [-0.2, 0) is 0 Å². The van der Waals surface area contributed by atoms with Crippen LogP contribution in [0.15, 0.2) is 24.3 Å². The summed E-state index contributed by atoms with van der Waals surface area (Å²) in [5.74, 6) is 1.00. The Bertz CT molecular complexity index is 379. The zero-order valence-electron chi connectivity index (χ0n) is 12.8. The Morgan fingerprint density at radius 2 is 1.84 bits per heavy atom. The molecule has 2 nitrogen and oxygen atoms in total. The van der Waals surface area contributed by atoms with E-state index < -0.39 is 0 Å². The van der Waals surface area contributed by atoms with Crippen LogP contribution in [0.2, 0.25) is 0 Å². The topological polar surface area (TPSA) is 15.3 Å². The van der Waals surface area contributed by atoms with Gasteiger partial charge in [0.15, 0.2) is 0 Å². The Labute approximate surface area is 118 Å². The van der Waals surface area contributed by atoms with Crippen LogP contribution in [0.3, 0.4) is 0 Å². The third-order valence-corrected chi connectivity index (χ3v) is 4.20. The van der Waals surface area contributed by atoms with Crippen LogP contribution in [-0.4, -0.2) is 20.1 Å². The number of nitrogens with zero attached hydrogens (tertiary/aromatic N) is 1. The molecule has 106 valence electrons. The number of rotatable bonds is 7. The summed E-state index contributed by atoms with van der Waals surface area (Å²) in [6.45, 7) is 4.57. The molecule has 1 aromatic carbocycles. The largest absolute Gasteiger partial charge is 0.378 e. The molecule has 1 saturated carbocycles. The molecule has 1 aromatic rings. The van der Waals surface area contributed by atoms with E-state index in [0.717, 1.165) is 5.92 Å². The molecule has 0 heterocycles. The summed E-state index contributed by atoms with van der Waals surface area (Å²) in [5.41, 5.74) is 2.65. The molecule has 0 bridgehead atoms. The van der Waals surface area contributed by atoms with Gasteiger partial charge >= 0.3 is 0 Å². The van der Waals surface area contributed by atoms with Crippen LogP contribution in [0.1, 0.15) is 51.1 Å². The van der Waals surface area contributed by atoms with Crippen LogP contribution in [0.25, 0.3) is 0 Å². The first kappa shape index (κ1) is 14.4. The van der Waals surface area contributed by atoms with Crippen molar-refractivity contribution in [1.29, 1.82) is 0 Å². The Morgan fingerprint density at radius 1 is 1.21 bits per heavy atom. The van der Waals surface area contributed by atoms with Crippen molar-refractivity contribution < 1.29 is 0 Å². The van der Waals surface area contributed by atoms with Crippen molar-refractivity contribution in [2.24, 2.45) is 5.92 Å². The summed E-state index contributed by atoms with van der Waals surface area (Å²) in [4.78, 5) is 2.14. The number of benzene rings is 1. The molecule has 1 aliphatic carbocycles. The van der Waals surface area contributed by atoms with Crippen LogP contribution < -0.4 is 10.2 Å². The minimum absolute atomic E-state index is 0.444. The number of anilines is 1. The van der Waals surface area contributed by atoms with Crippen molar-refractivity contribution in [3.05, 3.63) is 29.8 Å². The first-order chi connectivity index (χ1) is 9.10. The Morgan fingerprint density at radius 3 is 2.32 bits per heavy atom. The van der Waals surface area contributed by atoms with E-state index >= 15 is 0 Å². The van der Waals surface area contributed by atoms with Gasteiger partial charge < -0.3 is 10.2 Å². The number of hydrogen-bond donors (Lipinski definition) is 1. The Balaban J connectivity index is 1.91. The van der Waals surface area contributed by atoms with Gasteiger partial charge in [0.25, 0.3) is 0 Å². The number of nitrogens with one attached hydrogen (secondary N) is 1. The molecule has 2 rings (SSSR count). The van der Waals surface area contributed by atoms with E-state index in [2.05, 4.69) is 62.4 Å². The fourth-order valence-corrected chi connectivity index (χ4v) is 2.62. The third-order valence-electron chi connectivity index (χ3n) is 4.20. The van der Waals surface area contributed by atoms with Crippen molar-refractivity contribution in [3.63, 3.8) is 0 Å². The minimum Gasteiger partial charge on any atom is -0.378 e. The maximum atomic E-state index is 3.79. The lowest BCUT2D eigenvalue weighted by molar-refractivity contribution is 0.404. The lowest BCUT2D eigenvalue weighted by atomic mass is 10.0. The summed E-state index contributed by atoms with van der Waals surface area (Å²) in [6, 6.07) is 10.0. The molecule has 2 unspecified atom stereocenters. The predicted octanol–water partition coefficient (Wildman–Crippen LogP) is 3.98.